The predicted octanol–water partition coefficient (Wildman–Crippen LogP) is 0.757. The Labute approximate surface area is 123 Å². The molecule has 1 rings (SSSR count). The standard InChI is InChI=1S/C13H17NO6S/c1-20-13(17)11-5-2-4-10(8-11)9-21(18,19)14-7-3-6-12(15)16/h2,4-5,8,14H,3,6-7,9H2,1H3,(H,15,16). The number of nitrogens with one attached hydrogen (secondary N) is 1. The number of aliphatic carboxylic acids is 1. The first-order valence-electron chi connectivity index (χ1n) is 6.20. The van der Waals surface area contributed by atoms with Crippen molar-refractivity contribution < 1.29 is 27.9 Å². The third-order valence-corrected chi connectivity index (χ3v) is 3.95. The summed E-state index contributed by atoms with van der Waals surface area (Å²) in [4.78, 5) is 21.7. The van der Waals surface area contributed by atoms with Gasteiger partial charge in [-0.05, 0) is 24.1 Å². The van der Waals surface area contributed by atoms with Gasteiger partial charge < -0.3 is 9.84 Å². The molecule has 0 aliphatic carbocycles. The number of ether oxygens (including phenoxy) is 1. The summed E-state index contributed by atoms with van der Waals surface area (Å²) in [7, 11) is -2.33. The fraction of sp³-hybridized carbons (Fsp3) is 0.385. The van der Waals surface area contributed by atoms with E-state index >= 15 is 0 Å². The van der Waals surface area contributed by atoms with Gasteiger partial charge in [0.25, 0.3) is 0 Å². The number of sulfonamides is 1. The van der Waals surface area contributed by atoms with Gasteiger partial charge in [0, 0.05) is 13.0 Å². The molecular formula is C13H17NO6S. The van der Waals surface area contributed by atoms with E-state index < -0.39 is 22.0 Å². The Kier molecular flexibility index (Phi) is 6.32. The molecule has 0 bridgehead atoms. The number of hydrogen-bond acceptors (Lipinski definition) is 5. The van der Waals surface area contributed by atoms with Gasteiger partial charge in [-0.15, -0.1) is 0 Å². The fourth-order valence-electron chi connectivity index (χ4n) is 1.64. The van der Waals surface area contributed by atoms with Gasteiger partial charge in [0.1, 0.15) is 0 Å². The van der Waals surface area contributed by atoms with Crippen LogP contribution in [0.3, 0.4) is 0 Å². The van der Waals surface area contributed by atoms with Crippen LogP contribution in [0, 0.1) is 0 Å². The Morgan fingerprint density at radius 2 is 2.05 bits per heavy atom. The summed E-state index contributed by atoms with van der Waals surface area (Å²) in [5.74, 6) is -1.80. The van der Waals surface area contributed by atoms with Gasteiger partial charge in [-0.3, -0.25) is 4.79 Å². The number of carbonyl (C=O) groups excluding carboxylic acids is 1. The molecule has 1 aromatic carbocycles. The summed E-state index contributed by atoms with van der Waals surface area (Å²) < 4.78 is 30.5. The van der Waals surface area contributed by atoms with Crippen molar-refractivity contribution in [1.29, 1.82) is 0 Å². The van der Waals surface area contributed by atoms with Crippen LogP contribution in [0.1, 0.15) is 28.8 Å². The van der Waals surface area contributed by atoms with E-state index in [1.807, 2.05) is 0 Å². The van der Waals surface area contributed by atoms with Crippen molar-refractivity contribution in [2.24, 2.45) is 0 Å². The molecule has 7 nitrogen and oxygen atoms in total. The van der Waals surface area contributed by atoms with Crippen LogP contribution in [0.25, 0.3) is 0 Å². The minimum absolute atomic E-state index is 0.0608. The lowest BCUT2D eigenvalue weighted by Crippen LogP contribution is -2.26. The van der Waals surface area contributed by atoms with Crippen molar-refractivity contribution in [3.63, 3.8) is 0 Å². The average Bonchev–Trinajstić information content (AvgIpc) is 2.42. The van der Waals surface area contributed by atoms with Crippen molar-refractivity contribution in [1.82, 2.24) is 4.72 Å². The van der Waals surface area contributed by atoms with Crippen LogP contribution in [-0.2, 0) is 25.3 Å². The van der Waals surface area contributed by atoms with Crippen molar-refractivity contribution in [3.05, 3.63) is 35.4 Å². The molecule has 116 valence electrons. The lowest BCUT2D eigenvalue weighted by Gasteiger charge is -2.07. The highest BCUT2D eigenvalue weighted by Crippen LogP contribution is 2.09. The van der Waals surface area contributed by atoms with Crippen LogP contribution in [0.2, 0.25) is 0 Å². The van der Waals surface area contributed by atoms with Crippen LogP contribution in [0.5, 0.6) is 0 Å². The molecule has 0 saturated heterocycles. The van der Waals surface area contributed by atoms with Crippen LogP contribution >= 0.6 is 0 Å². The Balaban J connectivity index is 2.62. The monoisotopic (exact) mass is 315 g/mol. The number of carboxylic acid groups (broad SMARTS) is 1. The third kappa shape index (κ3) is 6.37. The van der Waals surface area contributed by atoms with Crippen LogP contribution in [0.4, 0.5) is 0 Å². The third-order valence-electron chi connectivity index (χ3n) is 2.59. The van der Waals surface area contributed by atoms with Gasteiger partial charge in [-0.2, -0.15) is 0 Å². The summed E-state index contributed by atoms with van der Waals surface area (Å²) in [5, 5.41) is 8.46. The summed E-state index contributed by atoms with van der Waals surface area (Å²) in [6, 6.07) is 6.13. The Morgan fingerprint density at radius 3 is 2.67 bits per heavy atom. The van der Waals surface area contributed by atoms with E-state index in [0.29, 0.717) is 5.56 Å². The van der Waals surface area contributed by atoms with Crippen molar-refractivity contribution in [2.45, 2.75) is 18.6 Å². The Bertz CT molecular complexity index is 611. The van der Waals surface area contributed by atoms with Crippen molar-refractivity contribution >= 4 is 22.0 Å². The number of esters is 1. The zero-order chi connectivity index (χ0) is 15.9. The van der Waals surface area contributed by atoms with Crippen molar-refractivity contribution in [2.75, 3.05) is 13.7 Å². The molecule has 0 amide bonds. The van der Waals surface area contributed by atoms with Crippen LogP contribution < -0.4 is 4.72 Å². The number of hydrogen-bond donors (Lipinski definition) is 2. The molecular weight excluding hydrogens is 298 g/mol. The first-order valence-corrected chi connectivity index (χ1v) is 7.85. The van der Waals surface area contributed by atoms with E-state index in [0.717, 1.165) is 0 Å². The van der Waals surface area contributed by atoms with Gasteiger partial charge >= 0.3 is 11.9 Å². The molecule has 0 unspecified atom stereocenters. The second kappa shape index (κ2) is 7.75. The van der Waals surface area contributed by atoms with E-state index in [1.54, 1.807) is 12.1 Å². The lowest BCUT2D eigenvalue weighted by molar-refractivity contribution is -0.137. The molecule has 0 atom stereocenters. The quantitative estimate of drug-likeness (QED) is 0.541. The smallest absolute Gasteiger partial charge is 0.337 e. The normalized spacial score (nSPS) is 11.1. The van der Waals surface area contributed by atoms with Gasteiger partial charge in [-0.25, -0.2) is 17.9 Å². The van der Waals surface area contributed by atoms with Gasteiger partial charge in [-0.1, -0.05) is 12.1 Å². The summed E-state index contributed by atoms with van der Waals surface area (Å²) in [6.45, 7) is 0.0608. The van der Waals surface area contributed by atoms with E-state index in [-0.39, 0.29) is 30.7 Å². The molecule has 0 radical (unpaired) electrons. The summed E-state index contributed by atoms with van der Waals surface area (Å²) >= 11 is 0. The first kappa shape index (κ1) is 17.1. The molecule has 0 aliphatic heterocycles. The molecule has 0 spiro atoms. The minimum Gasteiger partial charge on any atom is -0.481 e. The van der Waals surface area contributed by atoms with E-state index in [2.05, 4.69) is 9.46 Å². The molecule has 0 fully saturated rings. The summed E-state index contributed by atoms with van der Waals surface area (Å²) in [5.41, 5.74) is 0.722. The zero-order valence-electron chi connectivity index (χ0n) is 11.5. The maximum absolute atomic E-state index is 11.8. The van der Waals surface area contributed by atoms with Gasteiger partial charge in [0.2, 0.25) is 10.0 Å². The van der Waals surface area contributed by atoms with E-state index in [1.165, 1.54) is 19.2 Å². The van der Waals surface area contributed by atoms with Crippen LogP contribution in [0.15, 0.2) is 24.3 Å². The molecule has 0 saturated carbocycles. The fourth-order valence-corrected chi connectivity index (χ4v) is 2.82. The number of benzene rings is 1. The van der Waals surface area contributed by atoms with E-state index in [4.69, 9.17) is 5.11 Å². The van der Waals surface area contributed by atoms with E-state index in [9.17, 15) is 18.0 Å². The second-order valence-corrected chi connectivity index (χ2v) is 6.15. The van der Waals surface area contributed by atoms with Crippen LogP contribution in [-0.4, -0.2) is 39.1 Å². The number of carboxylic acids is 1. The molecule has 0 heterocycles. The molecule has 0 aromatic heterocycles. The number of carbonyl (C=O) groups is 2. The average molecular weight is 315 g/mol. The maximum atomic E-state index is 11.8. The SMILES string of the molecule is COC(=O)c1cccc(CS(=O)(=O)NCCCC(=O)O)c1. The van der Waals surface area contributed by atoms with Crippen molar-refractivity contribution in [3.8, 4) is 0 Å². The Hall–Kier alpha value is -1.93. The number of methoxy groups -OCH3 is 1. The molecule has 2 N–H and O–H groups in total. The number of rotatable bonds is 8. The highest BCUT2D eigenvalue weighted by Gasteiger charge is 2.13. The molecule has 21 heavy (non-hydrogen) atoms. The Morgan fingerprint density at radius 1 is 1.33 bits per heavy atom. The molecule has 8 heteroatoms. The first-order chi connectivity index (χ1) is 9.84. The molecule has 0 aliphatic rings. The lowest BCUT2D eigenvalue weighted by atomic mass is 10.1. The highest BCUT2D eigenvalue weighted by molar-refractivity contribution is 7.88. The second-order valence-electron chi connectivity index (χ2n) is 4.34. The minimum atomic E-state index is -3.58. The van der Waals surface area contributed by atoms with Gasteiger partial charge in [0.15, 0.2) is 0 Å². The molecule has 1 aromatic rings. The maximum Gasteiger partial charge on any atom is 0.337 e. The highest BCUT2D eigenvalue weighted by atomic mass is 32.2. The van der Waals surface area contributed by atoms with Gasteiger partial charge in [0.05, 0.1) is 18.4 Å². The largest absolute Gasteiger partial charge is 0.481 e. The predicted molar refractivity (Wildman–Crippen MR) is 75.3 cm³/mol. The zero-order valence-corrected chi connectivity index (χ0v) is 12.4. The topological polar surface area (TPSA) is 110 Å². The summed E-state index contributed by atoms with van der Waals surface area (Å²) in [6.07, 6.45) is 0.122.